The van der Waals surface area contributed by atoms with Gasteiger partial charge in [0.2, 0.25) is 0 Å². The van der Waals surface area contributed by atoms with Gasteiger partial charge in [0.15, 0.2) is 11.9 Å². The van der Waals surface area contributed by atoms with E-state index in [4.69, 9.17) is 9.72 Å². The topological polar surface area (TPSA) is 129 Å². The number of aromatic amines is 1. The summed E-state index contributed by atoms with van der Waals surface area (Å²) in [5, 5.41) is 4.91. The highest BCUT2D eigenvalue weighted by Gasteiger charge is 2.38. The fourth-order valence-corrected chi connectivity index (χ4v) is 5.22. The van der Waals surface area contributed by atoms with E-state index in [0.717, 1.165) is 30.7 Å². The highest BCUT2D eigenvalue weighted by molar-refractivity contribution is 5.77. The summed E-state index contributed by atoms with van der Waals surface area (Å²) in [7, 11) is 0. The van der Waals surface area contributed by atoms with Gasteiger partial charge in [0, 0.05) is 30.4 Å². The third-order valence-electron chi connectivity index (χ3n) is 7.71. The Morgan fingerprint density at radius 1 is 1.02 bits per heavy atom. The van der Waals surface area contributed by atoms with E-state index in [1.165, 1.54) is 23.1 Å². The van der Waals surface area contributed by atoms with Crippen LogP contribution in [0.25, 0.3) is 11.0 Å². The van der Waals surface area contributed by atoms with Gasteiger partial charge >= 0.3 is 6.18 Å². The predicted octanol–water partition coefficient (Wildman–Crippen LogP) is 5.12. The van der Waals surface area contributed by atoms with Gasteiger partial charge in [-0.3, -0.25) is 14.6 Å². The Bertz CT molecular complexity index is 1800. The number of nitrogens with one attached hydrogen (secondary N) is 1. The fraction of sp³-hybridized carbons (Fsp3) is 0.300. The molecule has 1 saturated carbocycles. The van der Waals surface area contributed by atoms with Crippen LogP contribution in [0.2, 0.25) is 0 Å². The van der Waals surface area contributed by atoms with Crippen molar-refractivity contribution in [1.29, 1.82) is 0 Å². The average Bonchev–Trinajstić information content (AvgIpc) is 3.35. The zero-order valence-electron chi connectivity index (χ0n) is 23.0. The summed E-state index contributed by atoms with van der Waals surface area (Å²) >= 11 is 0. The molecule has 0 spiro atoms. The van der Waals surface area contributed by atoms with E-state index in [0.29, 0.717) is 41.4 Å². The number of rotatable bonds is 9. The van der Waals surface area contributed by atoms with Crippen molar-refractivity contribution in [2.75, 3.05) is 0 Å². The first kappa shape index (κ1) is 28.3. The number of hydrogen-bond donors (Lipinski definition) is 1. The molecule has 4 aromatic heterocycles. The van der Waals surface area contributed by atoms with Crippen molar-refractivity contribution in [1.82, 2.24) is 34.7 Å². The van der Waals surface area contributed by atoms with Crippen molar-refractivity contribution in [2.24, 2.45) is 0 Å². The Kier molecular flexibility index (Phi) is 7.57. The van der Waals surface area contributed by atoms with Gasteiger partial charge in [-0.25, -0.2) is 19.6 Å². The number of pyridine rings is 1. The summed E-state index contributed by atoms with van der Waals surface area (Å²) in [6.07, 6.45) is 1.69. The normalized spacial score (nSPS) is 17.5. The van der Waals surface area contributed by atoms with Crippen molar-refractivity contribution in [3.05, 3.63) is 111 Å². The van der Waals surface area contributed by atoms with E-state index in [9.17, 15) is 22.8 Å². The number of halogens is 3. The van der Waals surface area contributed by atoms with Crippen LogP contribution >= 0.6 is 0 Å². The molecule has 13 heteroatoms. The third-order valence-corrected chi connectivity index (χ3v) is 7.71. The zero-order valence-corrected chi connectivity index (χ0v) is 23.0. The number of hydrogen-bond acceptors (Lipinski definition) is 8. The van der Waals surface area contributed by atoms with E-state index in [-0.39, 0.29) is 29.5 Å². The Hall–Kier alpha value is -4.78. The lowest BCUT2D eigenvalue weighted by atomic mass is 9.72. The lowest BCUT2D eigenvalue weighted by Crippen LogP contribution is -2.28. The Balaban J connectivity index is 1.37. The summed E-state index contributed by atoms with van der Waals surface area (Å²) in [5.74, 6) is 0.705. The number of alkyl halides is 3. The molecule has 5 aromatic rings. The predicted molar refractivity (Wildman–Crippen MR) is 148 cm³/mol. The molecule has 1 aliphatic carbocycles. The Morgan fingerprint density at radius 3 is 2.40 bits per heavy atom. The molecule has 1 aliphatic rings. The lowest BCUT2D eigenvalue weighted by Gasteiger charge is -2.34. The van der Waals surface area contributed by atoms with Crippen LogP contribution in [0, 0.1) is 0 Å². The summed E-state index contributed by atoms with van der Waals surface area (Å²) in [6.45, 7) is 2.07. The van der Waals surface area contributed by atoms with Crippen LogP contribution in [0.3, 0.4) is 0 Å². The number of nitrogens with zero attached hydrogens (tertiary/aromatic N) is 6. The number of aldehydes is 1. The van der Waals surface area contributed by atoms with Gasteiger partial charge in [-0.15, -0.1) is 0 Å². The summed E-state index contributed by atoms with van der Waals surface area (Å²) in [5.41, 5.74) is 1.02. The highest BCUT2D eigenvalue weighted by Crippen LogP contribution is 2.46. The van der Waals surface area contributed by atoms with Gasteiger partial charge in [0.05, 0.1) is 24.8 Å². The van der Waals surface area contributed by atoms with Gasteiger partial charge in [-0.05, 0) is 37.0 Å². The molecule has 0 saturated heterocycles. The summed E-state index contributed by atoms with van der Waals surface area (Å²) in [4.78, 5) is 44.5. The van der Waals surface area contributed by atoms with Crippen LogP contribution in [-0.2, 0) is 24.1 Å². The smallest absolute Gasteiger partial charge is 0.370 e. The maximum Gasteiger partial charge on any atom is 0.433 e. The Morgan fingerprint density at radius 2 is 1.77 bits per heavy atom. The molecule has 10 nitrogen and oxygen atoms in total. The molecule has 2 unspecified atom stereocenters. The minimum atomic E-state index is -4.57. The monoisotopic (exact) mass is 589 g/mol. The van der Waals surface area contributed by atoms with Gasteiger partial charge in [-0.1, -0.05) is 36.4 Å². The van der Waals surface area contributed by atoms with Crippen LogP contribution in [-0.4, -0.2) is 41.0 Å². The number of carbonyl (C=O) groups excluding carboxylic acids is 1. The second-order valence-corrected chi connectivity index (χ2v) is 10.5. The molecule has 220 valence electrons. The van der Waals surface area contributed by atoms with Crippen molar-refractivity contribution >= 4 is 17.3 Å². The van der Waals surface area contributed by atoms with Crippen LogP contribution < -0.4 is 5.56 Å². The minimum absolute atomic E-state index is 0.0173. The van der Waals surface area contributed by atoms with Gasteiger partial charge in [0.1, 0.15) is 28.4 Å². The second kappa shape index (κ2) is 11.5. The molecule has 0 bridgehead atoms. The average molecular weight is 590 g/mol. The zero-order chi connectivity index (χ0) is 30.1. The van der Waals surface area contributed by atoms with Crippen LogP contribution in [0.15, 0.2) is 65.8 Å². The van der Waals surface area contributed by atoms with Gasteiger partial charge in [-0.2, -0.15) is 18.3 Å². The lowest BCUT2D eigenvalue weighted by molar-refractivity contribution is -0.141. The van der Waals surface area contributed by atoms with E-state index in [1.807, 2.05) is 30.3 Å². The van der Waals surface area contributed by atoms with E-state index >= 15 is 0 Å². The molecular formula is C30H26F3N7O3. The van der Waals surface area contributed by atoms with Crippen molar-refractivity contribution in [2.45, 2.75) is 57.0 Å². The molecule has 4 heterocycles. The molecule has 0 amide bonds. The molecule has 43 heavy (non-hydrogen) atoms. The van der Waals surface area contributed by atoms with Crippen molar-refractivity contribution in [3.63, 3.8) is 0 Å². The first-order valence-electron chi connectivity index (χ1n) is 13.7. The summed E-state index contributed by atoms with van der Waals surface area (Å²) in [6, 6.07) is 11.2. The quantitative estimate of drug-likeness (QED) is 0.235. The van der Waals surface area contributed by atoms with Gasteiger partial charge < -0.3 is 9.72 Å². The van der Waals surface area contributed by atoms with Crippen LogP contribution in [0.1, 0.15) is 82.2 Å². The molecule has 1 aromatic carbocycles. The number of ether oxygens (including phenoxy) is 1. The largest absolute Gasteiger partial charge is 0.433 e. The molecule has 0 radical (unpaired) electrons. The number of aromatic nitrogens is 7. The van der Waals surface area contributed by atoms with Crippen LogP contribution in [0.5, 0.6) is 0 Å². The maximum atomic E-state index is 13.5. The van der Waals surface area contributed by atoms with Crippen LogP contribution in [0.4, 0.5) is 13.2 Å². The fourth-order valence-electron chi connectivity index (χ4n) is 5.22. The number of carbonyl (C=O) groups is 1. The number of H-pyrrole nitrogens is 1. The molecule has 3 atom stereocenters. The minimum Gasteiger partial charge on any atom is -0.370 e. The van der Waals surface area contributed by atoms with Gasteiger partial charge in [0.25, 0.3) is 5.56 Å². The van der Waals surface area contributed by atoms with E-state index < -0.39 is 23.5 Å². The molecule has 0 aliphatic heterocycles. The standard InChI is InChI=1S/C30H26F3N7O3/c1-17(20-7-10-24(34-13-20)30(31,32)33)40-28-25(23(39-40)16-43-15-18-5-3-2-4-6-18)29(42)38-27(37-28)22-9-8-21(22)26-35-11-19(14-41)12-36-26/h2-7,10-14,17,21-22H,8-9,15-16H2,1H3,(H,37,38,42)/t17-,21?,22?/m0/s1. The molecule has 6 rings (SSSR count). The van der Waals surface area contributed by atoms with E-state index in [1.54, 1.807) is 6.92 Å². The highest BCUT2D eigenvalue weighted by atomic mass is 19.4. The maximum absolute atomic E-state index is 13.5. The molecular weight excluding hydrogens is 563 g/mol. The summed E-state index contributed by atoms with van der Waals surface area (Å²) < 4.78 is 46.8. The second-order valence-electron chi connectivity index (χ2n) is 10.5. The number of benzene rings is 1. The van der Waals surface area contributed by atoms with Crippen molar-refractivity contribution < 1.29 is 22.7 Å². The first-order valence-corrected chi connectivity index (χ1v) is 13.7. The Labute approximate surface area is 243 Å². The molecule has 1 N–H and O–H groups in total. The third kappa shape index (κ3) is 5.67. The first-order chi connectivity index (χ1) is 20.7. The molecule has 1 fully saturated rings. The number of fused-ring (bicyclic) bond motifs is 1. The van der Waals surface area contributed by atoms with Crippen molar-refractivity contribution in [3.8, 4) is 0 Å². The SMILES string of the molecule is C[C@@H](c1ccc(C(F)(F)F)nc1)n1nc(COCc2ccccc2)c2c(=O)[nH]c(C3CCC3c3ncc(C=O)cn3)nc21. The van der Waals surface area contributed by atoms with E-state index in [2.05, 4.69) is 25.0 Å².